The van der Waals surface area contributed by atoms with Gasteiger partial charge in [0.2, 0.25) is 0 Å². The van der Waals surface area contributed by atoms with Crippen molar-refractivity contribution in [3.63, 3.8) is 0 Å². The quantitative estimate of drug-likeness (QED) is 0.135. The molecule has 9 nitrogen and oxygen atoms in total. The second-order valence-electron chi connectivity index (χ2n) is 8.74. The molecular weight excluding hydrogens is 512 g/mol. The van der Waals surface area contributed by atoms with Crippen LogP contribution in [0.5, 0.6) is 0 Å². The fraction of sp³-hybridized carbons (Fsp3) is 0.286. The number of halogens is 1. The standard InChI is InChI=1S/C28H32N2O7.ClH/c29-21(17-31)24(33)25(34)26(35)28(36)30-22(18-10-4-1-5-11-18)16-23(32)37-27(19-12-6-2-7-13-19)20-14-8-3-9-15-20;/h1-15,21-22,24-27,31,33-35H,16-17,29H2,(H,30,36);1H/t21-,22-,24+,25+,26-;/m0./s1. The smallest absolute Gasteiger partial charge is 0.309 e. The van der Waals surface area contributed by atoms with Gasteiger partial charge in [0, 0.05) is 0 Å². The number of esters is 1. The molecule has 3 aromatic carbocycles. The van der Waals surface area contributed by atoms with Crippen LogP contribution >= 0.6 is 0 Å². The van der Waals surface area contributed by atoms with E-state index in [1.807, 2.05) is 60.7 Å². The number of ether oxygens (including phenoxy) is 1. The van der Waals surface area contributed by atoms with Crippen molar-refractivity contribution in [3.8, 4) is 0 Å². The van der Waals surface area contributed by atoms with E-state index in [2.05, 4.69) is 11.1 Å². The lowest BCUT2D eigenvalue weighted by atomic mass is 9.99. The zero-order valence-corrected chi connectivity index (χ0v) is 21.4. The molecule has 0 aromatic heterocycles. The molecule has 3 rings (SSSR count). The second-order valence-corrected chi connectivity index (χ2v) is 8.74. The Morgan fingerprint density at radius 1 is 0.763 bits per heavy atom. The third-order valence-electron chi connectivity index (χ3n) is 6.00. The topological polar surface area (TPSA) is 164 Å². The van der Waals surface area contributed by atoms with Gasteiger partial charge in [0.1, 0.15) is 18.2 Å². The molecule has 0 radical (unpaired) electrons. The van der Waals surface area contributed by atoms with Crippen LogP contribution in [0, 0.1) is 0 Å². The first kappa shape index (κ1) is 30.9. The first-order valence-corrected chi connectivity index (χ1v) is 11.9. The molecule has 204 valence electrons. The largest absolute Gasteiger partial charge is 1.00 e. The number of hydrogen-bond acceptors (Lipinski definition) is 7. The first-order valence-electron chi connectivity index (χ1n) is 11.9. The summed E-state index contributed by atoms with van der Waals surface area (Å²) in [5.74, 6) is -1.60. The summed E-state index contributed by atoms with van der Waals surface area (Å²) >= 11 is 0. The summed E-state index contributed by atoms with van der Waals surface area (Å²) in [4.78, 5) is 25.9. The Morgan fingerprint density at radius 2 is 1.21 bits per heavy atom. The lowest BCUT2D eigenvalue weighted by Crippen LogP contribution is -3.00. The van der Waals surface area contributed by atoms with Gasteiger partial charge < -0.3 is 48.6 Å². The number of quaternary nitrogens is 1. The molecule has 0 saturated carbocycles. The number of aliphatic hydroxyl groups is 4. The van der Waals surface area contributed by atoms with Gasteiger partial charge in [0.25, 0.3) is 5.91 Å². The first-order chi connectivity index (χ1) is 17.8. The Bertz CT molecular complexity index is 1080. The average molecular weight is 545 g/mol. The number of carbonyl (C=O) groups is 2. The molecule has 0 fully saturated rings. The molecule has 5 atom stereocenters. The highest BCUT2D eigenvalue weighted by atomic mass is 35.5. The van der Waals surface area contributed by atoms with E-state index >= 15 is 0 Å². The van der Waals surface area contributed by atoms with Gasteiger partial charge in [0.15, 0.2) is 12.2 Å². The highest BCUT2D eigenvalue weighted by Gasteiger charge is 2.36. The summed E-state index contributed by atoms with van der Waals surface area (Å²) in [5.41, 5.74) is 5.62. The second kappa shape index (κ2) is 15.2. The SMILES string of the molecule is [Cl-].[NH3+][C@@H](CO)[C@@H](O)[C@@H](O)[C@H](O)C(=O)N[C@@H](CC(=O)OC(c1ccccc1)c1ccccc1)c1ccccc1. The van der Waals surface area contributed by atoms with E-state index < -0.39 is 55.0 Å². The van der Waals surface area contributed by atoms with Crippen LogP contribution in [0.3, 0.4) is 0 Å². The number of rotatable bonds is 12. The number of carbonyl (C=O) groups excluding carboxylic acids is 2. The molecule has 38 heavy (non-hydrogen) atoms. The summed E-state index contributed by atoms with van der Waals surface area (Å²) in [7, 11) is 0. The van der Waals surface area contributed by atoms with Crippen molar-refractivity contribution in [1.29, 1.82) is 0 Å². The van der Waals surface area contributed by atoms with Crippen LogP contribution in [-0.4, -0.2) is 63.3 Å². The van der Waals surface area contributed by atoms with E-state index in [9.17, 15) is 24.9 Å². The molecule has 0 spiro atoms. The highest BCUT2D eigenvalue weighted by Crippen LogP contribution is 2.28. The summed E-state index contributed by atoms with van der Waals surface area (Å²) in [6.45, 7) is -0.547. The van der Waals surface area contributed by atoms with Crippen LogP contribution in [-0.2, 0) is 14.3 Å². The molecule has 0 aliphatic carbocycles. The Hall–Kier alpha value is -3.31. The Balaban J connectivity index is 0.00000507. The van der Waals surface area contributed by atoms with Crippen molar-refractivity contribution in [1.82, 2.24) is 5.32 Å². The van der Waals surface area contributed by atoms with Gasteiger partial charge in [-0.25, -0.2) is 0 Å². The van der Waals surface area contributed by atoms with Crippen molar-refractivity contribution in [2.75, 3.05) is 6.61 Å². The number of benzene rings is 3. The zero-order chi connectivity index (χ0) is 26.8. The van der Waals surface area contributed by atoms with Crippen molar-refractivity contribution in [2.24, 2.45) is 0 Å². The normalized spacial score (nSPS) is 14.9. The van der Waals surface area contributed by atoms with Gasteiger partial charge in [-0.3, -0.25) is 9.59 Å². The fourth-order valence-corrected chi connectivity index (χ4v) is 3.85. The maximum absolute atomic E-state index is 13.1. The van der Waals surface area contributed by atoms with Gasteiger partial charge in [-0.15, -0.1) is 0 Å². The van der Waals surface area contributed by atoms with E-state index in [1.54, 1.807) is 30.3 Å². The molecule has 0 aliphatic rings. The van der Waals surface area contributed by atoms with E-state index in [0.29, 0.717) is 5.56 Å². The number of nitrogens with one attached hydrogen (secondary N) is 1. The van der Waals surface area contributed by atoms with E-state index in [1.165, 1.54) is 0 Å². The zero-order valence-electron chi connectivity index (χ0n) is 20.6. The molecule has 1 amide bonds. The number of aliphatic hydroxyl groups excluding tert-OH is 4. The minimum absolute atomic E-state index is 0. The highest BCUT2D eigenvalue weighted by molar-refractivity contribution is 5.82. The summed E-state index contributed by atoms with van der Waals surface area (Å²) in [6, 6.07) is 25.3. The van der Waals surface area contributed by atoms with Gasteiger partial charge in [-0.05, 0) is 16.7 Å². The molecule has 0 saturated heterocycles. The molecule has 3 aromatic rings. The number of amides is 1. The minimum Gasteiger partial charge on any atom is -1.00 e. The average Bonchev–Trinajstić information content (AvgIpc) is 2.95. The maximum Gasteiger partial charge on any atom is 0.309 e. The van der Waals surface area contributed by atoms with E-state index in [4.69, 9.17) is 9.84 Å². The van der Waals surface area contributed by atoms with Gasteiger partial charge in [-0.2, -0.15) is 0 Å². The van der Waals surface area contributed by atoms with Crippen LogP contribution in [0.1, 0.15) is 35.3 Å². The molecule has 0 heterocycles. The molecule has 8 N–H and O–H groups in total. The summed E-state index contributed by atoms with van der Waals surface area (Å²) in [5, 5.41) is 42.3. The predicted molar refractivity (Wildman–Crippen MR) is 135 cm³/mol. The lowest BCUT2D eigenvalue weighted by molar-refractivity contribution is -0.448. The van der Waals surface area contributed by atoms with Crippen LogP contribution in [0.15, 0.2) is 91.0 Å². The molecule has 10 heteroatoms. The third-order valence-corrected chi connectivity index (χ3v) is 6.00. The summed E-state index contributed by atoms with van der Waals surface area (Å²) < 4.78 is 5.87. The van der Waals surface area contributed by atoms with Crippen molar-refractivity contribution < 1.29 is 52.9 Å². The Labute approximate surface area is 227 Å². The third kappa shape index (κ3) is 8.35. The van der Waals surface area contributed by atoms with Crippen molar-refractivity contribution in [2.45, 2.75) is 42.9 Å². The van der Waals surface area contributed by atoms with Crippen molar-refractivity contribution in [3.05, 3.63) is 108 Å². The molecule has 0 unspecified atom stereocenters. The van der Waals surface area contributed by atoms with E-state index in [-0.39, 0.29) is 18.8 Å². The Kier molecular flexibility index (Phi) is 12.4. The van der Waals surface area contributed by atoms with Gasteiger partial charge >= 0.3 is 5.97 Å². The van der Waals surface area contributed by atoms with Crippen LogP contribution < -0.4 is 23.5 Å². The van der Waals surface area contributed by atoms with Crippen LogP contribution in [0.2, 0.25) is 0 Å². The van der Waals surface area contributed by atoms with Crippen LogP contribution in [0.25, 0.3) is 0 Å². The van der Waals surface area contributed by atoms with Crippen LogP contribution in [0.4, 0.5) is 0 Å². The molecule has 0 aliphatic heterocycles. The molecular formula is C28H33ClN2O7. The van der Waals surface area contributed by atoms with Crippen molar-refractivity contribution >= 4 is 11.9 Å². The Morgan fingerprint density at radius 3 is 1.66 bits per heavy atom. The van der Waals surface area contributed by atoms with Gasteiger partial charge in [0.05, 0.1) is 19.1 Å². The minimum atomic E-state index is -2.02. The van der Waals surface area contributed by atoms with Gasteiger partial charge in [-0.1, -0.05) is 91.0 Å². The predicted octanol–water partition coefficient (Wildman–Crippen LogP) is -2.74. The monoisotopic (exact) mass is 544 g/mol. The summed E-state index contributed by atoms with van der Waals surface area (Å²) in [6.07, 6.45) is -6.47. The maximum atomic E-state index is 13.1. The number of hydrogen-bond donors (Lipinski definition) is 6. The molecule has 0 bridgehead atoms. The fourth-order valence-electron chi connectivity index (χ4n) is 3.85. The van der Waals surface area contributed by atoms with E-state index in [0.717, 1.165) is 11.1 Å². The lowest BCUT2D eigenvalue weighted by Gasteiger charge is -2.26.